The van der Waals surface area contributed by atoms with Gasteiger partial charge >= 0.3 is 0 Å². The summed E-state index contributed by atoms with van der Waals surface area (Å²) in [5.41, 5.74) is 1.73. The van der Waals surface area contributed by atoms with E-state index >= 15 is 0 Å². The Morgan fingerprint density at radius 3 is 2.64 bits per heavy atom. The van der Waals surface area contributed by atoms with Gasteiger partial charge in [0.25, 0.3) is 0 Å². The average Bonchev–Trinajstić information content (AvgIpc) is 2.45. The lowest BCUT2D eigenvalue weighted by atomic mass is 10.3. The van der Waals surface area contributed by atoms with Crippen LogP contribution in [-0.4, -0.2) is 6.10 Å². The van der Waals surface area contributed by atoms with Crippen LogP contribution in [0.4, 0.5) is 0 Å². The maximum atomic E-state index is 5.47. The minimum absolute atomic E-state index is 0.214. The summed E-state index contributed by atoms with van der Waals surface area (Å²) in [6.07, 6.45) is 0.214. The highest BCUT2D eigenvalue weighted by Crippen LogP contribution is 2.29. The molecule has 2 rings (SSSR count). The molecule has 2 aromatic heterocycles. The van der Waals surface area contributed by atoms with Crippen LogP contribution in [0.1, 0.15) is 13.8 Å². The van der Waals surface area contributed by atoms with Crippen LogP contribution in [0.25, 0.3) is 11.2 Å². The SMILES string of the molecule is CC(C)Oc1cc2ccc1o2. The Kier molecular flexibility index (Phi) is 1.28. The van der Waals surface area contributed by atoms with Crippen molar-refractivity contribution in [3.05, 3.63) is 18.2 Å². The highest BCUT2D eigenvalue weighted by atomic mass is 16.5. The molecule has 0 saturated carbocycles. The summed E-state index contributed by atoms with van der Waals surface area (Å²) in [7, 11) is 0. The molecule has 2 heteroatoms. The lowest BCUT2D eigenvalue weighted by Crippen LogP contribution is -2.04. The van der Waals surface area contributed by atoms with E-state index in [0.717, 1.165) is 16.9 Å². The van der Waals surface area contributed by atoms with Gasteiger partial charge in [-0.3, -0.25) is 0 Å². The molecular weight excluding hydrogens is 140 g/mol. The number of ether oxygens (including phenoxy) is 1. The minimum atomic E-state index is 0.214. The van der Waals surface area contributed by atoms with E-state index < -0.39 is 0 Å². The third-order valence-electron chi connectivity index (χ3n) is 1.51. The molecule has 11 heavy (non-hydrogen) atoms. The van der Waals surface area contributed by atoms with Crippen molar-refractivity contribution in [3.8, 4) is 5.75 Å². The Morgan fingerprint density at radius 2 is 2.18 bits per heavy atom. The number of rotatable bonds is 2. The lowest BCUT2D eigenvalue weighted by molar-refractivity contribution is 0.244. The van der Waals surface area contributed by atoms with Gasteiger partial charge in [0.05, 0.1) is 6.10 Å². The molecule has 58 valence electrons. The normalized spacial score (nSPS) is 11.5. The fraction of sp³-hybridized carbons (Fsp3) is 0.333. The largest absolute Gasteiger partial charge is 0.487 e. The fourth-order valence-electron chi connectivity index (χ4n) is 1.11. The summed E-state index contributed by atoms with van der Waals surface area (Å²) < 4.78 is 10.8. The summed E-state index contributed by atoms with van der Waals surface area (Å²) in [5.74, 6) is 0.859. The van der Waals surface area contributed by atoms with Gasteiger partial charge in [-0.1, -0.05) is 0 Å². The van der Waals surface area contributed by atoms with Crippen LogP contribution in [0.3, 0.4) is 0 Å². The van der Waals surface area contributed by atoms with Gasteiger partial charge in [-0.2, -0.15) is 0 Å². The molecule has 2 aromatic rings. The fourth-order valence-corrected chi connectivity index (χ4v) is 1.11. The lowest BCUT2D eigenvalue weighted by Gasteiger charge is -2.06. The zero-order valence-corrected chi connectivity index (χ0v) is 6.63. The molecule has 0 fully saturated rings. The van der Waals surface area contributed by atoms with Crippen molar-refractivity contribution in [2.24, 2.45) is 0 Å². The molecule has 0 N–H and O–H groups in total. The highest BCUT2D eigenvalue weighted by Gasteiger charge is 2.08. The molecule has 2 bridgehead atoms. The number of benzene rings is 1. The first kappa shape index (κ1) is 6.53. The molecule has 0 atom stereocenters. The molecule has 0 aromatic carbocycles. The van der Waals surface area contributed by atoms with E-state index in [9.17, 15) is 0 Å². The van der Waals surface area contributed by atoms with E-state index in [2.05, 4.69) is 0 Å². The predicted molar refractivity (Wildman–Crippen MR) is 43.2 cm³/mol. The first-order chi connectivity index (χ1) is 5.25. The van der Waals surface area contributed by atoms with Gasteiger partial charge in [0.2, 0.25) is 0 Å². The molecule has 0 saturated heterocycles. The number of hydrogen-bond donors (Lipinski definition) is 0. The second kappa shape index (κ2) is 2.16. The smallest absolute Gasteiger partial charge is 0.169 e. The van der Waals surface area contributed by atoms with Gasteiger partial charge in [0, 0.05) is 6.07 Å². The number of fused-ring (bicyclic) bond motifs is 2. The zero-order chi connectivity index (χ0) is 7.84. The van der Waals surface area contributed by atoms with Gasteiger partial charge < -0.3 is 9.15 Å². The molecule has 0 unspecified atom stereocenters. The summed E-state index contributed by atoms with van der Waals surface area (Å²) in [4.78, 5) is 0. The summed E-state index contributed by atoms with van der Waals surface area (Å²) in [5, 5.41) is 0. The topological polar surface area (TPSA) is 22.4 Å². The van der Waals surface area contributed by atoms with Crippen molar-refractivity contribution in [3.63, 3.8) is 0 Å². The first-order valence-corrected chi connectivity index (χ1v) is 3.74. The molecular formula is C9H10O2. The zero-order valence-electron chi connectivity index (χ0n) is 6.63. The maximum absolute atomic E-state index is 5.47. The van der Waals surface area contributed by atoms with Crippen LogP contribution in [0.5, 0.6) is 5.75 Å². The van der Waals surface area contributed by atoms with Crippen LogP contribution in [0, 0.1) is 0 Å². The van der Waals surface area contributed by atoms with E-state index in [1.807, 2.05) is 32.0 Å². The Bertz CT molecular complexity index is 335. The Morgan fingerprint density at radius 1 is 1.36 bits per heavy atom. The molecule has 0 aliphatic rings. The van der Waals surface area contributed by atoms with Crippen LogP contribution < -0.4 is 4.74 Å². The third-order valence-corrected chi connectivity index (χ3v) is 1.51. The number of hydrogen-bond acceptors (Lipinski definition) is 2. The van der Waals surface area contributed by atoms with E-state index in [1.165, 1.54) is 0 Å². The summed E-state index contributed by atoms with van der Waals surface area (Å²) in [6, 6.07) is 5.77. The van der Waals surface area contributed by atoms with Crippen LogP contribution >= 0.6 is 0 Å². The van der Waals surface area contributed by atoms with Gasteiger partial charge in [-0.25, -0.2) is 0 Å². The molecule has 2 heterocycles. The molecule has 0 aliphatic heterocycles. The van der Waals surface area contributed by atoms with Crippen LogP contribution in [-0.2, 0) is 0 Å². The van der Waals surface area contributed by atoms with Crippen molar-refractivity contribution in [2.45, 2.75) is 20.0 Å². The minimum Gasteiger partial charge on any atom is -0.487 e. The molecule has 0 spiro atoms. The van der Waals surface area contributed by atoms with E-state index in [4.69, 9.17) is 9.15 Å². The Labute approximate surface area is 65.1 Å². The van der Waals surface area contributed by atoms with E-state index in [1.54, 1.807) is 0 Å². The molecule has 0 aliphatic carbocycles. The van der Waals surface area contributed by atoms with E-state index in [0.29, 0.717) is 0 Å². The third kappa shape index (κ3) is 1.04. The average molecular weight is 150 g/mol. The van der Waals surface area contributed by atoms with Crippen LogP contribution in [0.2, 0.25) is 0 Å². The molecule has 0 radical (unpaired) electrons. The van der Waals surface area contributed by atoms with Crippen molar-refractivity contribution in [1.29, 1.82) is 0 Å². The Hall–Kier alpha value is -1.18. The van der Waals surface area contributed by atoms with Crippen molar-refractivity contribution >= 4 is 11.2 Å². The van der Waals surface area contributed by atoms with Gasteiger partial charge in [0.1, 0.15) is 5.58 Å². The van der Waals surface area contributed by atoms with Gasteiger partial charge in [-0.15, -0.1) is 0 Å². The molecule has 0 amide bonds. The summed E-state index contributed by atoms with van der Waals surface area (Å²) in [6.45, 7) is 4.00. The van der Waals surface area contributed by atoms with Crippen LogP contribution in [0.15, 0.2) is 22.6 Å². The predicted octanol–water partition coefficient (Wildman–Crippen LogP) is 2.66. The number of furan rings is 2. The van der Waals surface area contributed by atoms with Crippen molar-refractivity contribution < 1.29 is 9.15 Å². The van der Waals surface area contributed by atoms with Crippen molar-refractivity contribution in [1.82, 2.24) is 0 Å². The second-order valence-electron chi connectivity index (χ2n) is 2.88. The quantitative estimate of drug-likeness (QED) is 0.656. The van der Waals surface area contributed by atoms with E-state index in [-0.39, 0.29) is 6.10 Å². The monoisotopic (exact) mass is 150 g/mol. The molecule has 2 nitrogen and oxygen atoms in total. The maximum Gasteiger partial charge on any atom is 0.169 e. The van der Waals surface area contributed by atoms with Crippen molar-refractivity contribution in [2.75, 3.05) is 0 Å². The summed E-state index contributed by atoms with van der Waals surface area (Å²) >= 11 is 0. The Balaban J connectivity index is 2.32. The second-order valence-corrected chi connectivity index (χ2v) is 2.88. The standard InChI is InChI=1S/C9H10O2/c1-6(2)10-9-5-7-3-4-8(9)11-7/h3-6H,1-2H3. The van der Waals surface area contributed by atoms with Gasteiger partial charge in [-0.05, 0) is 26.0 Å². The first-order valence-electron chi connectivity index (χ1n) is 3.74. The highest BCUT2D eigenvalue weighted by molar-refractivity contribution is 5.69. The van der Waals surface area contributed by atoms with Gasteiger partial charge in [0.15, 0.2) is 11.3 Å².